The minimum Gasteiger partial charge on any atom is -0.497 e. The van der Waals surface area contributed by atoms with Gasteiger partial charge in [-0.05, 0) is 42.5 Å². The summed E-state index contributed by atoms with van der Waals surface area (Å²) in [6, 6.07) is 13.8. The van der Waals surface area contributed by atoms with E-state index in [1.165, 1.54) is 0 Å². The van der Waals surface area contributed by atoms with Crippen molar-refractivity contribution in [3.8, 4) is 28.3 Å². The second-order valence-electron chi connectivity index (χ2n) is 4.13. The van der Waals surface area contributed by atoms with Crippen LogP contribution in [0.15, 0.2) is 54.9 Å². The van der Waals surface area contributed by atoms with Crippen molar-refractivity contribution in [2.75, 3.05) is 7.11 Å². The Morgan fingerprint density at radius 1 is 0.947 bits per heavy atom. The third-order valence-electron chi connectivity index (χ3n) is 2.96. The Balaban J connectivity index is 1.98. The van der Waals surface area contributed by atoms with Crippen molar-refractivity contribution < 1.29 is 4.74 Å². The average Bonchev–Trinajstić information content (AvgIpc) is 3.02. The van der Waals surface area contributed by atoms with Crippen molar-refractivity contribution in [3.63, 3.8) is 0 Å². The van der Waals surface area contributed by atoms with Crippen LogP contribution in [0.3, 0.4) is 0 Å². The molecule has 0 aliphatic rings. The largest absolute Gasteiger partial charge is 0.497 e. The summed E-state index contributed by atoms with van der Waals surface area (Å²) in [4.78, 5) is 4.40. The van der Waals surface area contributed by atoms with Crippen molar-refractivity contribution >= 4 is 0 Å². The van der Waals surface area contributed by atoms with Crippen LogP contribution < -0.4 is 4.74 Å². The van der Waals surface area contributed by atoms with E-state index in [0.717, 1.165) is 28.3 Å². The van der Waals surface area contributed by atoms with Crippen LogP contribution in [-0.4, -0.2) is 22.3 Å². The summed E-state index contributed by atoms with van der Waals surface area (Å²) in [6.07, 6.45) is 3.54. The van der Waals surface area contributed by atoms with Gasteiger partial charge in [0, 0.05) is 23.5 Å². The van der Waals surface area contributed by atoms with Crippen molar-refractivity contribution in [1.82, 2.24) is 15.2 Å². The zero-order valence-electron chi connectivity index (χ0n) is 10.5. The van der Waals surface area contributed by atoms with Gasteiger partial charge in [0.05, 0.1) is 18.5 Å². The third kappa shape index (κ3) is 2.33. The first-order valence-corrected chi connectivity index (χ1v) is 5.97. The van der Waals surface area contributed by atoms with E-state index in [1.807, 2.05) is 42.5 Å². The number of aromatic nitrogens is 3. The van der Waals surface area contributed by atoms with E-state index < -0.39 is 0 Å². The highest BCUT2D eigenvalue weighted by atomic mass is 16.5. The molecule has 3 rings (SSSR count). The summed E-state index contributed by atoms with van der Waals surface area (Å²) >= 11 is 0. The van der Waals surface area contributed by atoms with Crippen LogP contribution in [0.5, 0.6) is 5.75 Å². The van der Waals surface area contributed by atoms with Gasteiger partial charge in [-0.2, -0.15) is 5.10 Å². The van der Waals surface area contributed by atoms with Crippen LogP contribution in [0.1, 0.15) is 0 Å². The summed E-state index contributed by atoms with van der Waals surface area (Å²) in [7, 11) is 1.66. The molecule has 0 atom stereocenters. The van der Waals surface area contributed by atoms with E-state index in [1.54, 1.807) is 19.5 Å². The molecular weight excluding hydrogens is 238 g/mol. The number of methoxy groups -OCH3 is 1. The summed E-state index contributed by atoms with van der Waals surface area (Å²) in [6.45, 7) is 0. The molecule has 0 radical (unpaired) electrons. The maximum Gasteiger partial charge on any atom is 0.118 e. The van der Waals surface area contributed by atoms with Crippen LogP contribution in [0.2, 0.25) is 0 Å². The minimum absolute atomic E-state index is 0.841. The minimum atomic E-state index is 0.841. The molecule has 0 aliphatic heterocycles. The highest BCUT2D eigenvalue weighted by Crippen LogP contribution is 2.24. The fraction of sp³-hybridized carbons (Fsp3) is 0.0667. The third-order valence-corrected chi connectivity index (χ3v) is 2.96. The number of pyridine rings is 1. The molecule has 1 N–H and O–H groups in total. The second kappa shape index (κ2) is 4.94. The Labute approximate surface area is 111 Å². The molecular formula is C15H13N3O. The highest BCUT2D eigenvalue weighted by molar-refractivity contribution is 5.68. The fourth-order valence-electron chi connectivity index (χ4n) is 1.93. The van der Waals surface area contributed by atoms with Gasteiger partial charge in [0.25, 0.3) is 0 Å². The van der Waals surface area contributed by atoms with E-state index >= 15 is 0 Å². The van der Waals surface area contributed by atoms with E-state index in [2.05, 4.69) is 15.2 Å². The van der Waals surface area contributed by atoms with Gasteiger partial charge in [-0.1, -0.05) is 0 Å². The fourth-order valence-corrected chi connectivity index (χ4v) is 1.93. The standard InChI is InChI=1S/C15H13N3O/c1-19-13-4-2-11(3-5-13)15-10-12(6-8-16-15)14-7-9-17-18-14/h2-10H,1H3,(H,17,18). The smallest absolute Gasteiger partial charge is 0.118 e. The first-order chi connectivity index (χ1) is 9.36. The van der Waals surface area contributed by atoms with Gasteiger partial charge in [-0.25, -0.2) is 0 Å². The Bertz CT molecular complexity index is 660. The number of rotatable bonds is 3. The number of nitrogens with zero attached hydrogens (tertiary/aromatic N) is 2. The SMILES string of the molecule is COc1ccc(-c2cc(-c3ccn[nH]3)ccn2)cc1. The summed E-state index contributed by atoms with van der Waals surface area (Å²) in [5.74, 6) is 0.841. The van der Waals surface area contributed by atoms with Crippen LogP contribution >= 0.6 is 0 Å². The molecule has 2 aromatic heterocycles. The maximum atomic E-state index is 5.15. The van der Waals surface area contributed by atoms with Crippen molar-refractivity contribution in [3.05, 3.63) is 54.9 Å². The number of H-pyrrole nitrogens is 1. The van der Waals surface area contributed by atoms with Crippen molar-refractivity contribution in [2.45, 2.75) is 0 Å². The lowest BCUT2D eigenvalue weighted by molar-refractivity contribution is 0.415. The number of ether oxygens (including phenoxy) is 1. The van der Waals surface area contributed by atoms with E-state index in [0.29, 0.717) is 0 Å². The second-order valence-corrected chi connectivity index (χ2v) is 4.13. The van der Waals surface area contributed by atoms with Gasteiger partial charge in [-0.15, -0.1) is 0 Å². The molecule has 4 heteroatoms. The molecule has 3 aromatic rings. The number of nitrogens with one attached hydrogen (secondary N) is 1. The molecule has 0 amide bonds. The van der Waals surface area contributed by atoms with Gasteiger partial charge < -0.3 is 4.74 Å². The van der Waals surface area contributed by atoms with Crippen molar-refractivity contribution in [1.29, 1.82) is 0 Å². The average molecular weight is 251 g/mol. The van der Waals surface area contributed by atoms with Crippen LogP contribution in [0.25, 0.3) is 22.5 Å². The number of hydrogen-bond acceptors (Lipinski definition) is 3. The number of hydrogen-bond donors (Lipinski definition) is 1. The normalized spacial score (nSPS) is 10.4. The van der Waals surface area contributed by atoms with Gasteiger partial charge in [-0.3, -0.25) is 10.1 Å². The van der Waals surface area contributed by atoms with Gasteiger partial charge >= 0.3 is 0 Å². The maximum absolute atomic E-state index is 5.15. The molecule has 1 aromatic carbocycles. The molecule has 0 unspecified atom stereocenters. The van der Waals surface area contributed by atoms with E-state index in [4.69, 9.17) is 4.74 Å². The first-order valence-electron chi connectivity index (χ1n) is 5.97. The molecule has 94 valence electrons. The summed E-state index contributed by atoms with van der Waals surface area (Å²) in [5, 5.41) is 6.91. The van der Waals surface area contributed by atoms with Crippen LogP contribution in [0.4, 0.5) is 0 Å². The predicted octanol–water partition coefficient (Wildman–Crippen LogP) is 3.15. The van der Waals surface area contributed by atoms with Gasteiger partial charge in [0.1, 0.15) is 5.75 Å². The summed E-state index contributed by atoms with van der Waals surface area (Å²) < 4.78 is 5.15. The summed E-state index contributed by atoms with van der Waals surface area (Å²) in [5.41, 5.74) is 4.03. The van der Waals surface area contributed by atoms with Gasteiger partial charge in [0.2, 0.25) is 0 Å². The zero-order chi connectivity index (χ0) is 13.1. The van der Waals surface area contributed by atoms with Crippen LogP contribution in [0, 0.1) is 0 Å². The predicted molar refractivity (Wildman–Crippen MR) is 73.8 cm³/mol. The number of benzene rings is 1. The molecule has 0 fully saturated rings. The molecule has 0 saturated carbocycles. The quantitative estimate of drug-likeness (QED) is 0.778. The molecule has 4 nitrogen and oxygen atoms in total. The molecule has 0 aliphatic carbocycles. The molecule has 0 spiro atoms. The molecule has 0 bridgehead atoms. The Morgan fingerprint density at radius 2 is 1.79 bits per heavy atom. The monoisotopic (exact) mass is 251 g/mol. The molecule has 0 saturated heterocycles. The Morgan fingerprint density at radius 3 is 2.47 bits per heavy atom. The molecule has 19 heavy (non-hydrogen) atoms. The first kappa shape index (κ1) is 11.5. The Kier molecular flexibility index (Phi) is 2.98. The van der Waals surface area contributed by atoms with E-state index in [-0.39, 0.29) is 0 Å². The highest BCUT2D eigenvalue weighted by Gasteiger charge is 2.04. The van der Waals surface area contributed by atoms with Gasteiger partial charge in [0.15, 0.2) is 0 Å². The topological polar surface area (TPSA) is 50.8 Å². The van der Waals surface area contributed by atoms with E-state index in [9.17, 15) is 0 Å². The molecule has 2 heterocycles. The lowest BCUT2D eigenvalue weighted by Gasteiger charge is -2.04. The lowest BCUT2D eigenvalue weighted by atomic mass is 10.1. The zero-order valence-corrected chi connectivity index (χ0v) is 10.5. The van der Waals surface area contributed by atoms with Crippen LogP contribution in [-0.2, 0) is 0 Å². The lowest BCUT2D eigenvalue weighted by Crippen LogP contribution is -1.87. The Hall–Kier alpha value is -2.62. The van der Waals surface area contributed by atoms with Crippen molar-refractivity contribution in [2.24, 2.45) is 0 Å². The number of aromatic amines is 1.